The highest BCUT2D eigenvalue weighted by molar-refractivity contribution is 5.91. The van der Waals surface area contributed by atoms with Gasteiger partial charge in [-0.1, -0.05) is 31.1 Å². The summed E-state index contributed by atoms with van der Waals surface area (Å²) in [5.74, 6) is 0.280. The third-order valence-electron chi connectivity index (χ3n) is 4.00. The van der Waals surface area contributed by atoms with E-state index in [4.69, 9.17) is 4.52 Å². The van der Waals surface area contributed by atoms with Crippen LogP contribution in [-0.2, 0) is 4.79 Å². The summed E-state index contributed by atoms with van der Waals surface area (Å²) in [5, 5.41) is 17.4. The first-order valence-electron chi connectivity index (χ1n) is 7.99. The topological polar surface area (TPSA) is 102 Å². The molecule has 1 heterocycles. The summed E-state index contributed by atoms with van der Waals surface area (Å²) in [6, 6.07) is 7.94. The quantitative estimate of drug-likeness (QED) is 0.609. The lowest BCUT2D eigenvalue weighted by molar-refractivity contribution is -0.384. The number of aromatic nitrogens is 1. The molecule has 8 heteroatoms. The Kier molecular flexibility index (Phi) is 5.87. The van der Waals surface area contributed by atoms with Gasteiger partial charge in [0, 0.05) is 24.2 Å². The van der Waals surface area contributed by atoms with Gasteiger partial charge in [0.15, 0.2) is 0 Å². The maximum Gasteiger partial charge on any atom is 0.269 e. The molecule has 0 fully saturated rings. The molecule has 1 N–H and O–H groups in total. The number of carbonyl (C=O) groups is 1. The number of benzene rings is 1. The van der Waals surface area contributed by atoms with Crippen molar-refractivity contribution >= 4 is 17.5 Å². The molecule has 1 aromatic carbocycles. The van der Waals surface area contributed by atoms with Gasteiger partial charge >= 0.3 is 0 Å². The van der Waals surface area contributed by atoms with Crippen molar-refractivity contribution in [1.29, 1.82) is 0 Å². The number of nitro benzene ring substituents is 1. The zero-order chi connectivity index (χ0) is 18.6. The molecule has 0 unspecified atom stereocenters. The van der Waals surface area contributed by atoms with Crippen molar-refractivity contribution < 1.29 is 14.2 Å². The molecule has 1 amide bonds. The molecule has 0 bridgehead atoms. The number of anilines is 1. The zero-order valence-corrected chi connectivity index (χ0v) is 14.7. The number of amides is 1. The third-order valence-corrected chi connectivity index (χ3v) is 4.00. The van der Waals surface area contributed by atoms with Crippen molar-refractivity contribution in [2.45, 2.75) is 32.7 Å². The van der Waals surface area contributed by atoms with E-state index in [1.54, 1.807) is 30.1 Å². The Morgan fingerprint density at radius 3 is 2.68 bits per heavy atom. The smallest absolute Gasteiger partial charge is 0.269 e. The van der Waals surface area contributed by atoms with E-state index in [0.29, 0.717) is 5.88 Å². The lowest BCUT2D eigenvalue weighted by Crippen LogP contribution is -2.32. The molecule has 0 spiro atoms. The van der Waals surface area contributed by atoms with Crippen LogP contribution in [-0.4, -0.2) is 34.5 Å². The van der Waals surface area contributed by atoms with Crippen molar-refractivity contribution in [3.63, 3.8) is 0 Å². The minimum atomic E-state index is -0.431. The van der Waals surface area contributed by atoms with Crippen molar-refractivity contribution in [3.05, 3.63) is 51.7 Å². The number of rotatable bonds is 7. The fourth-order valence-electron chi connectivity index (χ4n) is 2.31. The van der Waals surface area contributed by atoms with Crippen LogP contribution in [0.5, 0.6) is 0 Å². The van der Waals surface area contributed by atoms with Gasteiger partial charge in [-0.25, -0.2) is 0 Å². The van der Waals surface area contributed by atoms with Crippen LogP contribution in [0.4, 0.5) is 11.6 Å². The number of nitro groups is 1. The molecular weight excluding hydrogens is 324 g/mol. The Hall–Kier alpha value is -2.74. The van der Waals surface area contributed by atoms with E-state index in [2.05, 4.69) is 10.5 Å². The maximum absolute atomic E-state index is 12.2. The molecule has 0 radical (unpaired) electrons. The van der Waals surface area contributed by atoms with Gasteiger partial charge in [0.2, 0.25) is 11.8 Å². The summed E-state index contributed by atoms with van der Waals surface area (Å²) in [6.07, 6.45) is 0. The highest BCUT2D eigenvalue weighted by Gasteiger charge is 2.18. The van der Waals surface area contributed by atoms with E-state index in [1.165, 1.54) is 12.1 Å². The van der Waals surface area contributed by atoms with E-state index in [-0.39, 0.29) is 30.1 Å². The van der Waals surface area contributed by atoms with Gasteiger partial charge in [-0.15, -0.1) is 0 Å². The van der Waals surface area contributed by atoms with E-state index in [9.17, 15) is 14.9 Å². The van der Waals surface area contributed by atoms with Crippen LogP contribution in [0, 0.1) is 10.1 Å². The standard InChI is InChI=1S/C17H22N4O4/c1-11(2)15-9-17(25-19-15)18-16(22)10-20(4)12(3)13-6-5-7-14(8-13)21(23)24/h5-9,11-12H,10H2,1-4H3,(H,18,22)/t12-/m1/s1. The van der Waals surface area contributed by atoms with Gasteiger partial charge in [-0.05, 0) is 25.5 Å². The summed E-state index contributed by atoms with van der Waals surface area (Å²) in [5.41, 5.74) is 1.57. The SMILES string of the molecule is CC(C)c1cc(NC(=O)CN(C)[C@H](C)c2cccc([N+](=O)[O-])c2)on1. The molecule has 1 atom stereocenters. The lowest BCUT2D eigenvalue weighted by atomic mass is 10.1. The molecule has 2 aromatic rings. The first-order chi connectivity index (χ1) is 11.8. The molecule has 8 nitrogen and oxygen atoms in total. The second-order valence-electron chi connectivity index (χ2n) is 6.26. The Morgan fingerprint density at radius 2 is 2.08 bits per heavy atom. The van der Waals surface area contributed by atoms with Crippen molar-refractivity contribution in [2.75, 3.05) is 18.9 Å². The largest absolute Gasteiger partial charge is 0.338 e. The van der Waals surface area contributed by atoms with E-state index < -0.39 is 4.92 Å². The van der Waals surface area contributed by atoms with Gasteiger partial charge in [0.05, 0.1) is 17.2 Å². The summed E-state index contributed by atoms with van der Waals surface area (Å²) in [7, 11) is 1.78. The molecule has 0 aliphatic heterocycles. The van der Waals surface area contributed by atoms with Crippen LogP contribution in [0.3, 0.4) is 0 Å². The number of nitrogens with zero attached hydrogens (tertiary/aromatic N) is 3. The zero-order valence-electron chi connectivity index (χ0n) is 14.7. The van der Waals surface area contributed by atoms with Crippen molar-refractivity contribution in [2.24, 2.45) is 0 Å². The average molecular weight is 346 g/mol. The summed E-state index contributed by atoms with van der Waals surface area (Å²) in [6.45, 7) is 5.97. The highest BCUT2D eigenvalue weighted by atomic mass is 16.6. The fourth-order valence-corrected chi connectivity index (χ4v) is 2.31. The minimum absolute atomic E-state index is 0.0325. The van der Waals surface area contributed by atoms with E-state index in [1.807, 2.05) is 20.8 Å². The van der Waals surface area contributed by atoms with Crippen molar-refractivity contribution in [3.8, 4) is 0 Å². The molecule has 0 saturated heterocycles. The molecule has 0 saturated carbocycles. The third kappa shape index (κ3) is 4.87. The first-order valence-corrected chi connectivity index (χ1v) is 7.99. The van der Waals surface area contributed by atoms with Gasteiger partial charge in [-0.2, -0.15) is 0 Å². The van der Waals surface area contributed by atoms with Crippen LogP contribution < -0.4 is 5.32 Å². The summed E-state index contributed by atoms with van der Waals surface area (Å²) in [4.78, 5) is 24.4. The molecule has 1 aromatic heterocycles. The van der Waals surface area contributed by atoms with Crippen molar-refractivity contribution in [1.82, 2.24) is 10.1 Å². The molecule has 0 aliphatic rings. The fraction of sp³-hybridized carbons (Fsp3) is 0.412. The monoisotopic (exact) mass is 346 g/mol. The molecule has 0 aliphatic carbocycles. The normalized spacial score (nSPS) is 12.4. The highest BCUT2D eigenvalue weighted by Crippen LogP contribution is 2.23. The Morgan fingerprint density at radius 1 is 1.36 bits per heavy atom. The molecule has 25 heavy (non-hydrogen) atoms. The molecule has 134 valence electrons. The average Bonchev–Trinajstić information content (AvgIpc) is 3.02. The van der Waals surface area contributed by atoms with Crippen LogP contribution in [0.25, 0.3) is 0 Å². The van der Waals surface area contributed by atoms with Gasteiger partial charge in [0.25, 0.3) is 5.69 Å². The van der Waals surface area contributed by atoms with Crippen LogP contribution in [0.1, 0.15) is 44.0 Å². The van der Waals surface area contributed by atoms with Crippen LogP contribution in [0.15, 0.2) is 34.9 Å². The molecular formula is C17H22N4O4. The lowest BCUT2D eigenvalue weighted by Gasteiger charge is -2.24. The van der Waals surface area contributed by atoms with Gasteiger partial charge in [-0.3, -0.25) is 25.1 Å². The predicted octanol–water partition coefficient (Wildman–Crippen LogP) is 3.34. The predicted molar refractivity (Wildman–Crippen MR) is 93.4 cm³/mol. The summed E-state index contributed by atoms with van der Waals surface area (Å²) < 4.78 is 5.09. The molecule has 2 rings (SSSR count). The number of hydrogen-bond donors (Lipinski definition) is 1. The van der Waals surface area contributed by atoms with Gasteiger partial charge in [0.1, 0.15) is 0 Å². The first kappa shape index (κ1) is 18.6. The second-order valence-corrected chi connectivity index (χ2v) is 6.26. The maximum atomic E-state index is 12.2. The number of carbonyl (C=O) groups excluding carboxylic acids is 1. The number of nitrogens with one attached hydrogen (secondary N) is 1. The summed E-state index contributed by atoms with van der Waals surface area (Å²) >= 11 is 0. The van der Waals surface area contributed by atoms with Crippen LogP contribution in [0.2, 0.25) is 0 Å². The Labute approximate surface area is 145 Å². The van der Waals surface area contributed by atoms with Crippen LogP contribution >= 0.6 is 0 Å². The van der Waals surface area contributed by atoms with Gasteiger partial charge < -0.3 is 4.52 Å². The number of non-ortho nitro benzene ring substituents is 1. The van der Waals surface area contributed by atoms with E-state index in [0.717, 1.165) is 11.3 Å². The number of likely N-dealkylation sites (N-methyl/N-ethyl adjacent to an activating group) is 1. The minimum Gasteiger partial charge on any atom is -0.338 e. The Bertz CT molecular complexity index is 757. The second kappa shape index (κ2) is 7.89. The Balaban J connectivity index is 1.97. The number of hydrogen-bond acceptors (Lipinski definition) is 6. The van der Waals surface area contributed by atoms with E-state index >= 15 is 0 Å².